The molecule has 0 atom stereocenters. The zero-order chi connectivity index (χ0) is 22.9. The van der Waals surface area contributed by atoms with Crippen LogP contribution in [0.3, 0.4) is 0 Å². The van der Waals surface area contributed by atoms with Crippen molar-refractivity contribution in [3.63, 3.8) is 0 Å². The van der Waals surface area contributed by atoms with Crippen molar-refractivity contribution in [3.8, 4) is 22.3 Å². The topological polar surface area (TPSA) is 11.4 Å². The molecule has 33 heavy (non-hydrogen) atoms. The Morgan fingerprint density at radius 3 is 1.97 bits per heavy atom. The minimum Gasteiger partial charge on any atom is -0.344 e. The molecule has 0 aliphatic carbocycles. The first-order chi connectivity index (χ1) is 16.0. The highest BCUT2D eigenvalue weighted by Gasteiger charge is 2.09. The summed E-state index contributed by atoms with van der Waals surface area (Å²) in [5.41, 5.74) is 8.89. The summed E-state index contributed by atoms with van der Waals surface area (Å²) in [4.78, 5) is 4.52. The summed E-state index contributed by atoms with van der Waals surface area (Å²) in [5, 5.41) is 2.62. The molecule has 0 aliphatic rings. The lowest BCUT2D eigenvalue weighted by atomic mass is 9.98. The van der Waals surface area contributed by atoms with E-state index in [1.807, 2.05) is 0 Å². The Labute approximate surface area is 196 Å². The standard InChI is InChI=1S/C30H31N3/c1-31(2)21-32(3)20-22-8-7-9-25(18-22)23-12-14-24(15-13-23)26-16-17-28-27-10-5-6-11-29(27)33(4)30(28)19-26/h5-19H,20-21H2,1-4H3. The Morgan fingerprint density at radius 2 is 1.24 bits per heavy atom. The Hall–Kier alpha value is -3.40. The zero-order valence-electron chi connectivity index (χ0n) is 19.9. The van der Waals surface area contributed by atoms with Gasteiger partial charge in [0, 0.05) is 35.4 Å². The van der Waals surface area contributed by atoms with E-state index in [1.165, 1.54) is 49.6 Å². The van der Waals surface area contributed by atoms with E-state index in [4.69, 9.17) is 0 Å². The van der Waals surface area contributed by atoms with Crippen LogP contribution in [0, 0.1) is 0 Å². The second-order valence-corrected chi connectivity index (χ2v) is 9.32. The summed E-state index contributed by atoms with van der Waals surface area (Å²) >= 11 is 0. The second-order valence-electron chi connectivity index (χ2n) is 9.32. The highest BCUT2D eigenvalue weighted by Crippen LogP contribution is 2.32. The van der Waals surface area contributed by atoms with Crippen molar-refractivity contribution >= 4 is 21.8 Å². The van der Waals surface area contributed by atoms with Crippen LogP contribution < -0.4 is 0 Å². The van der Waals surface area contributed by atoms with Gasteiger partial charge in [-0.2, -0.15) is 0 Å². The normalized spacial score (nSPS) is 11.8. The molecule has 0 saturated heterocycles. The Morgan fingerprint density at radius 1 is 0.606 bits per heavy atom. The van der Waals surface area contributed by atoms with Crippen LogP contribution in [0.5, 0.6) is 0 Å². The lowest BCUT2D eigenvalue weighted by Gasteiger charge is -2.21. The molecule has 0 radical (unpaired) electrons. The largest absolute Gasteiger partial charge is 0.344 e. The number of benzene rings is 4. The van der Waals surface area contributed by atoms with Crippen molar-refractivity contribution < 1.29 is 0 Å². The fourth-order valence-electron chi connectivity index (χ4n) is 4.89. The molecule has 3 heteroatoms. The van der Waals surface area contributed by atoms with Crippen LogP contribution in [0.4, 0.5) is 0 Å². The van der Waals surface area contributed by atoms with Gasteiger partial charge in [-0.3, -0.25) is 9.80 Å². The van der Waals surface area contributed by atoms with Crippen LogP contribution in [0.25, 0.3) is 44.1 Å². The van der Waals surface area contributed by atoms with Crippen molar-refractivity contribution in [1.82, 2.24) is 14.4 Å². The number of rotatable bonds is 6. The summed E-state index contributed by atoms with van der Waals surface area (Å²) in [7, 11) is 8.52. The molecule has 0 amide bonds. The predicted molar refractivity (Wildman–Crippen MR) is 141 cm³/mol. The van der Waals surface area contributed by atoms with Crippen LogP contribution >= 0.6 is 0 Å². The average molecular weight is 434 g/mol. The van der Waals surface area contributed by atoms with Crippen molar-refractivity contribution in [2.75, 3.05) is 27.8 Å². The Kier molecular flexibility index (Phi) is 5.76. The van der Waals surface area contributed by atoms with E-state index in [9.17, 15) is 0 Å². The second kappa shape index (κ2) is 8.86. The molecule has 0 spiro atoms. The van der Waals surface area contributed by atoms with Gasteiger partial charge in [0.15, 0.2) is 0 Å². The first-order valence-electron chi connectivity index (χ1n) is 11.5. The molecule has 1 heterocycles. The number of nitrogens with zero attached hydrogens (tertiary/aromatic N) is 3. The summed E-state index contributed by atoms with van der Waals surface area (Å²) in [6.07, 6.45) is 0. The van der Waals surface area contributed by atoms with Crippen LogP contribution in [0.1, 0.15) is 5.56 Å². The van der Waals surface area contributed by atoms with E-state index in [-0.39, 0.29) is 0 Å². The minimum absolute atomic E-state index is 0.940. The maximum atomic E-state index is 2.32. The number of fused-ring (bicyclic) bond motifs is 3. The molecule has 0 N–H and O–H groups in total. The molecule has 0 aliphatic heterocycles. The van der Waals surface area contributed by atoms with E-state index in [0.29, 0.717) is 0 Å². The van der Waals surface area contributed by atoms with Gasteiger partial charge in [0.1, 0.15) is 0 Å². The monoisotopic (exact) mass is 433 g/mol. The van der Waals surface area contributed by atoms with Gasteiger partial charge in [-0.1, -0.05) is 72.8 Å². The molecule has 0 unspecified atom stereocenters. The molecule has 5 rings (SSSR count). The maximum Gasteiger partial charge on any atom is 0.0501 e. The minimum atomic E-state index is 0.940. The van der Waals surface area contributed by atoms with Crippen LogP contribution in [0.2, 0.25) is 0 Å². The number of hydrogen-bond donors (Lipinski definition) is 0. The third-order valence-corrected chi connectivity index (χ3v) is 6.37. The van der Waals surface area contributed by atoms with Crippen molar-refractivity contribution in [2.24, 2.45) is 7.05 Å². The third kappa shape index (κ3) is 4.30. The smallest absolute Gasteiger partial charge is 0.0501 e. The first-order valence-corrected chi connectivity index (χ1v) is 11.5. The van der Waals surface area contributed by atoms with Crippen LogP contribution in [-0.4, -0.2) is 42.2 Å². The van der Waals surface area contributed by atoms with E-state index in [1.54, 1.807) is 0 Å². The molecule has 5 aromatic rings. The highest BCUT2D eigenvalue weighted by molar-refractivity contribution is 6.08. The lowest BCUT2D eigenvalue weighted by Crippen LogP contribution is -2.29. The summed E-state index contributed by atoms with van der Waals surface area (Å²) < 4.78 is 2.29. The number of aromatic nitrogens is 1. The molecule has 166 valence electrons. The van der Waals surface area contributed by atoms with Gasteiger partial charge in [0.2, 0.25) is 0 Å². The van der Waals surface area contributed by atoms with Crippen molar-refractivity contribution in [3.05, 3.63) is 96.6 Å². The van der Waals surface area contributed by atoms with Crippen molar-refractivity contribution in [1.29, 1.82) is 0 Å². The molecular weight excluding hydrogens is 402 g/mol. The van der Waals surface area contributed by atoms with Crippen molar-refractivity contribution in [2.45, 2.75) is 6.54 Å². The Balaban J connectivity index is 1.42. The van der Waals surface area contributed by atoms with Gasteiger partial charge < -0.3 is 4.57 Å². The van der Waals surface area contributed by atoms with Crippen LogP contribution in [-0.2, 0) is 13.6 Å². The highest BCUT2D eigenvalue weighted by atomic mass is 15.3. The Bertz CT molecular complexity index is 1410. The van der Waals surface area contributed by atoms with E-state index in [0.717, 1.165) is 13.2 Å². The first kappa shape index (κ1) is 21.4. The summed E-state index contributed by atoms with van der Waals surface area (Å²) in [5.74, 6) is 0. The van der Waals surface area contributed by atoms with Crippen LogP contribution in [0.15, 0.2) is 91.0 Å². The van der Waals surface area contributed by atoms with E-state index < -0.39 is 0 Å². The van der Waals surface area contributed by atoms with Gasteiger partial charge in [0.25, 0.3) is 0 Å². The summed E-state index contributed by atoms with van der Waals surface area (Å²) in [6, 6.07) is 33.3. The fraction of sp³-hybridized carbons (Fsp3) is 0.200. The molecule has 0 bridgehead atoms. The molecular formula is C30H31N3. The molecule has 1 aromatic heterocycles. The van der Waals surface area contributed by atoms with E-state index >= 15 is 0 Å². The van der Waals surface area contributed by atoms with Gasteiger partial charge >= 0.3 is 0 Å². The molecule has 3 nitrogen and oxygen atoms in total. The average Bonchev–Trinajstić information content (AvgIpc) is 3.10. The van der Waals surface area contributed by atoms with Gasteiger partial charge in [-0.15, -0.1) is 0 Å². The van der Waals surface area contributed by atoms with Gasteiger partial charge in [0.05, 0.1) is 6.67 Å². The zero-order valence-corrected chi connectivity index (χ0v) is 19.9. The lowest BCUT2D eigenvalue weighted by molar-refractivity contribution is 0.204. The SMILES string of the molecule is CN(C)CN(C)Cc1cccc(-c2ccc(-c3ccc4c5ccccc5n(C)c4c3)cc2)c1. The number of hydrogen-bond acceptors (Lipinski definition) is 2. The number of aryl methyl sites for hydroxylation is 1. The third-order valence-electron chi connectivity index (χ3n) is 6.37. The van der Waals surface area contributed by atoms with Gasteiger partial charge in [-0.05, 0) is 67.2 Å². The van der Waals surface area contributed by atoms with E-state index in [2.05, 4.69) is 134 Å². The maximum absolute atomic E-state index is 2.32. The predicted octanol–water partition coefficient (Wildman–Crippen LogP) is 6.62. The summed E-state index contributed by atoms with van der Waals surface area (Å²) in [6.45, 7) is 1.88. The quantitative estimate of drug-likeness (QED) is 0.279. The fourth-order valence-corrected chi connectivity index (χ4v) is 4.89. The molecule has 0 saturated carbocycles. The number of para-hydroxylation sites is 1. The molecule has 4 aromatic carbocycles. The molecule has 0 fully saturated rings. The van der Waals surface area contributed by atoms with Gasteiger partial charge in [-0.25, -0.2) is 0 Å².